The minimum atomic E-state index is -4.28. The molecule has 0 radical (unpaired) electrons. The smallest absolute Gasteiger partial charge is 0.264 e. The van der Waals surface area contributed by atoms with Crippen molar-refractivity contribution in [2.75, 3.05) is 25.1 Å². The Hall–Kier alpha value is -3.76. The molecule has 0 aliphatic rings. The van der Waals surface area contributed by atoms with E-state index in [1.807, 2.05) is 20.8 Å². The summed E-state index contributed by atoms with van der Waals surface area (Å²) < 4.78 is 39.8. The van der Waals surface area contributed by atoms with Gasteiger partial charge in [-0.15, -0.1) is 0 Å². The molecule has 0 fully saturated rings. The standard InChI is InChI=1S/C31H38ClN3O6S/c1-7-26(30(37)33-31(2,3)4)34(20-22-13-11-12-16-25(22)32)29(36)21-35(23-14-9-8-10-15-23)42(38,39)24-17-18-27(40-5)28(19-24)41-6/h8-19,26H,7,20-21H2,1-6H3,(H,33,37). The maximum absolute atomic E-state index is 14.2. The molecule has 226 valence electrons. The number of hydrogen-bond donors (Lipinski definition) is 1. The van der Waals surface area contributed by atoms with Crippen molar-refractivity contribution in [1.82, 2.24) is 10.2 Å². The van der Waals surface area contributed by atoms with Crippen molar-refractivity contribution < 1.29 is 27.5 Å². The first-order valence-corrected chi connectivity index (χ1v) is 15.3. The zero-order valence-electron chi connectivity index (χ0n) is 24.8. The fourth-order valence-corrected chi connectivity index (χ4v) is 6.04. The van der Waals surface area contributed by atoms with Crippen LogP contribution in [0.2, 0.25) is 5.02 Å². The molecule has 0 aromatic heterocycles. The summed E-state index contributed by atoms with van der Waals surface area (Å²) in [6.07, 6.45) is 0.297. The quantitative estimate of drug-likeness (QED) is 0.297. The maximum atomic E-state index is 14.2. The zero-order chi connectivity index (χ0) is 31.1. The third-order valence-corrected chi connectivity index (χ3v) is 8.59. The molecule has 0 saturated heterocycles. The van der Waals surface area contributed by atoms with Gasteiger partial charge in [-0.25, -0.2) is 8.42 Å². The summed E-state index contributed by atoms with van der Waals surface area (Å²) in [5.41, 5.74) is 0.366. The van der Waals surface area contributed by atoms with Crippen LogP contribution in [-0.4, -0.2) is 57.5 Å². The van der Waals surface area contributed by atoms with Crippen molar-refractivity contribution in [1.29, 1.82) is 0 Å². The lowest BCUT2D eigenvalue weighted by molar-refractivity contribution is -0.141. The number of sulfonamides is 1. The van der Waals surface area contributed by atoms with E-state index in [-0.39, 0.29) is 28.8 Å². The van der Waals surface area contributed by atoms with Crippen LogP contribution in [0.5, 0.6) is 11.5 Å². The van der Waals surface area contributed by atoms with Crippen LogP contribution in [0.25, 0.3) is 0 Å². The molecular formula is C31H38ClN3O6S. The number of carbonyl (C=O) groups excluding carboxylic acids is 2. The summed E-state index contributed by atoms with van der Waals surface area (Å²) in [6, 6.07) is 18.7. The SMILES string of the molecule is CCC(C(=O)NC(C)(C)C)N(Cc1ccccc1Cl)C(=O)CN(c1ccccc1)S(=O)(=O)c1ccc(OC)c(OC)c1. The van der Waals surface area contributed by atoms with E-state index in [2.05, 4.69) is 5.32 Å². The number of halogens is 1. The molecule has 0 spiro atoms. The first-order valence-electron chi connectivity index (χ1n) is 13.5. The molecule has 0 bridgehead atoms. The molecule has 1 atom stereocenters. The van der Waals surface area contributed by atoms with E-state index in [9.17, 15) is 18.0 Å². The number of nitrogens with one attached hydrogen (secondary N) is 1. The summed E-state index contributed by atoms with van der Waals surface area (Å²) in [4.78, 5) is 28.9. The summed E-state index contributed by atoms with van der Waals surface area (Å²) in [5, 5.41) is 3.38. The van der Waals surface area contributed by atoms with Crippen molar-refractivity contribution in [3.8, 4) is 11.5 Å². The molecule has 1 unspecified atom stereocenters. The van der Waals surface area contributed by atoms with Gasteiger partial charge in [0.25, 0.3) is 10.0 Å². The van der Waals surface area contributed by atoms with Gasteiger partial charge in [0.1, 0.15) is 12.6 Å². The molecule has 1 N–H and O–H groups in total. The predicted octanol–water partition coefficient (Wildman–Crippen LogP) is 5.27. The third kappa shape index (κ3) is 7.95. The highest BCUT2D eigenvalue weighted by Gasteiger charge is 2.35. The number of rotatable bonds is 12. The second kappa shape index (κ2) is 13.9. The molecule has 9 nitrogen and oxygen atoms in total. The fourth-order valence-electron chi connectivity index (χ4n) is 4.41. The first kappa shape index (κ1) is 32.8. The van der Waals surface area contributed by atoms with Gasteiger partial charge in [-0.05, 0) is 63.1 Å². The van der Waals surface area contributed by atoms with Crippen molar-refractivity contribution in [3.05, 3.63) is 83.4 Å². The van der Waals surface area contributed by atoms with Gasteiger partial charge in [0.05, 0.1) is 24.8 Å². The number of ether oxygens (including phenoxy) is 2. The Morgan fingerprint density at radius 2 is 1.55 bits per heavy atom. The number of anilines is 1. The van der Waals surface area contributed by atoms with Crippen LogP contribution in [0.1, 0.15) is 39.7 Å². The van der Waals surface area contributed by atoms with Crippen LogP contribution < -0.4 is 19.1 Å². The lowest BCUT2D eigenvalue weighted by Crippen LogP contribution is -2.55. The average molecular weight is 616 g/mol. The number of hydrogen-bond acceptors (Lipinski definition) is 6. The highest BCUT2D eigenvalue weighted by molar-refractivity contribution is 7.92. The summed E-state index contributed by atoms with van der Waals surface area (Å²) >= 11 is 6.45. The normalized spacial score (nSPS) is 12.3. The molecule has 3 aromatic carbocycles. The van der Waals surface area contributed by atoms with Crippen LogP contribution >= 0.6 is 11.6 Å². The topological polar surface area (TPSA) is 105 Å². The Morgan fingerprint density at radius 3 is 2.12 bits per heavy atom. The number of amides is 2. The Morgan fingerprint density at radius 1 is 0.929 bits per heavy atom. The monoisotopic (exact) mass is 615 g/mol. The van der Waals surface area contributed by atoms with Gasteiger partial charge < -0.3 is 19.7 Å². The van der Waals surface area contributed by atoms with Crippen LogP contribution in [0.3, 0.4) is 0 Å². The Bertz CT molecular complexity index is 1490. The van der Waals surface area contributed by atoms with Gasteiger partial charge >= 0.3 is 0 Å². The minimum absolute atomic E-state index is 0.00755. The number of carbonyl (C=O) groups is 2. The number of benzene rings is 3. The fraction of sp³-hybridized carbons (Fsp3) is 0.355. The highest BCUT2D eigenvalue weighted by atomic mass is 35.5. The molecule has 2 amide bonds. The minimum Gasteiger partial charge on any atom is -0.493 e. The molecule has 0 saturated carbocycles. The maximum Gasteiger partial charge on any atom is 0.264 e. The van der Waals surface area contributed by atoms with Crippen LogP contribution in [0, 0.1) is 0 Å². The highest BCUT2D eigenvalue weighted by Crippen LogP contribution is 2.32. The molecule has 11 heteroatoms. The van der Waals surface area contributed by atoms with E-state index >= 15 is 0 Å². The summed E-state index contributed by atoms with van der Waals surface area (Å²) in [5.74, 6) is -0.332. The molecule has 3 rings (SSSR count). The molecule has 42 heavy (non-hydrogen) atoms. The average Bonchev–Trinajstić information content (AvgIpc) is 2.95. The number of methoxy groups -OCH3 is 2. The Labute approximate surface area is 253 Å². The lowest BCUT2D eigenvalue weighted by atomic mass is 10.1. The van der Waals surface area contributed by atoms with E-state index in [0.29, 0.717) is 22.8 Å². The largest absolute Gasteiger partial charge is 0.493 e. The van der Waals surface area contributed by atoms with Gasteiger partial charge in [0, 0.05) is 23.2 Å². The molecule has 0 aliphatic heterocycles. The predicted molar refractivity (Wildman–Crippen MR) is 164 cm³/mol. The first-order chi connectivity index (χ1) is 19.8. The Balaban J connectivity index is 2.09. The van der Waals surface area contributed by atoms with Gasteiger partial charge in [-0.1, -0.05) is 54.9 Å². The van der Waals surface area contributed by atoms with E-state index in [1.165, 1.54) is 37.3 Å². The van der Waals surface area contributed by atoms with Crippen LogP contribution in [0.4, 0.5) is 5.69 Å². The van der Waals surface area contributed by atoms with E-state index < -0.39 is 34.1 Å². The summed E-state index contributed by atoms with van der Waals surface area (Å²) in [7, 11) is -1.42. The van der Waals surface area contributed by atoms with Gasteiger partial charge in [0.15, 0.2) is 11.5 Å². The molecular weight excluding hydrogens is 578 g/mol. The van der Waals surface area contributed by atoms with Crippen molar-refractivity contribution in [2.45, 2.75) is 57.1 Å². The van der Waals surface area contributed by atoms with E-state index in [4.69, 9.17) is 21.1 Å². The second-order valence-corrected chi connectivity index (χ2v) is 12.9. The van der Waals surface area contributed by atoms with Gasteiger partial charge in [-0.3, -0.25) is 13.9 Å². The van der Waals surface area contributed by atoms with Crippen molar-refractivity contribution in [2.24, 2.45) is 0 Å². The van der Waals surface area contributed by atoms with Crippen LogP contribution in [-0.2, 0) is 26.2 Å². The van der Waals surface area contributed by atoms with Crippen molar-refractivity contribution in [3.63, 3.8) is 0 Å². The lowest BCUT2D eigenvalue weighted by Gasteiger charge is -2.35. The molecule has 0 aliphatic carbocycles. The number of para-hydroxylation sites is 1. The molecule has 0 heterocycles. The van der Waals surface area contributed by atoms with Gasteiger partial charge in [0.2, 0.25) is 11.8 Å². The van der Waals surface area contributed by atoms with E-state index in [0.717, 1.165) is 4.31 Å². The van der Waals surface area contributed by atoms with Gasteiger partial charge in [-0.2, -0.15) is 0 Å². The van der Waals surface area contributed by atoms with Crippen molar-refractivity contribution >= 4 is 39.1 Å². The zero-order valence-corrected chi connectivity index (χ0v) is 26.3. The van der Waals surface area contributed by atoms with E-state index in [1.54, 1.807) is 61.5 Å². The molecule has 3 aromatic rings. The Kier molecular flexibility index (Phi) is 10.9. The number of nitrogens with zero attached hydrogens (tertiary/aromatic N) is 2. The second-order valence-electron chi connectivity index (χ2n) is 10.6. The van der Waals surface area contributed by atoms with Crippen LogP contribution in [0.15, 0.2) is 77.7 Å². The third-order valence-electron chi connectivity index (χ3n) is 6.45. The summed E-state index contributed by atoms with van der Waals surface area (Å²) in [6.45, 7) is 6.80.